The highest BCUT2D eigenvalue weighted by molar-refractivity contribution is 5.80. The molecule has 1 heterocycles. The second-order valence-corrected chi connectivity index (χ2v) is 4.87. The Hall–Kier alpha value is -1.08. The maximum atomic E-state index is 11.7. The van der Waals surface area contributed by atoms with E-state index in [4.69, 9.17) is 5.26 Å². The van der Waals surface area contributed by atoms with Gasteiger partial charge in [-0.3, -0.25) is 9.69 Å². The number of piperazine rings is 1. The number of carbonyl (C=O) groups is 1. The Balaban J connectivity index is 2.38. The third-order valence-electron chi connectivity index (χ3n) is 2.87. The van der Waals surface area contributed by atoms with Crippen molar-refractivity contribution in [2.24, 2.45) is 11.8 Å². The van der Waals surface area contributed by atoms with Gasteiger partial charge in [0.1, 0.15) is 5.92 Å². The van der Waals surface area contributed by atoms with Gasteiger partial charge < -0.3 is 4.90 Å². The third kappa shape index (κ3) is 3.49. The molecule has 1 aliphatic rings. The smallest absolute Gasteiger partial charge is 0.239 e. The number of hydrogen-bond acceptors (Lipinski definition) is 3. The van der Waals surface area contributed by atoms with E-state index in [1.165, 1.54) is 0 Å². The molecular formula is C12H21N3O. The van der Waals surface area contributed by atoms with Gasteiger partial charge in [-0.25, -0.2) is 0 Å². The molecular weight excluding hydrogens is 202 g/mol. The lowest BCUT2D eigenvalue weighted by Gasteiger charge is -2.35. The molecule has 1 rings (SSSR count). The number of rotatable bonds is 3. The van der Waals surface area contributed by atoms with Crippen molar-refractivity contribution in [2.45, 2.75) is 20.8 Å². The molecule has 0 radical (unpaired) electrons. The average Bonchev–Trinajstić information content (AvgIpc) is 2.27. The third-order valence-corrected chi connectivity index (χ3v) is 2.87. The summed E-state index contributed by atoms with van der Waals surface area (Å²) in [5, 5.41) is 8.70. The molecule has 0 aliphatic carbocycles. The molecule has 90 valence electrons. The van der Waals surface area contributed by atoms with Gasteiger partial charge in [0, 0.05) is 32.7 Å². The second kappa shape index (κ2) is 5.86. The Bertz CT molecular complexity index is 274. The Morgan fingerprint density at radius 3 is 2.25 bits per heavy atom. The molecule has 1 amide bonds. The van der Waals surface area contributed by atoms with Crippen LogP contribution in [0.15, 0.2) is 0 Å². The van der Waals surface area contributed by atoms with E-state index in [1.807, 2.05) is 11.0 Å². The van der Waals surface area contributed by atoms with Crippen molar-refractivity contribution in [1.82, 2.24) is 9.80 Å². The van der Waals surface area contributed by atoms with Crippen LogP contribution in [0.2, 0.25) is 0 Å². The van der Waals surface area contributed by atoms with E-state index in [0.29, 0.717) is 5.92 Å². The van der Waals surface area contributed by atoms with Gasteiger partial charge in [-0.2, -0.15) is 5.26 Å². The van der Waals surface area contributed by atoms with Crippen molar-refractivity contribution in [3.63, 3.8) is 0 Å². The van der Waals surface area contributed by atoms with Gasteiger partial charge in [0.15, 0.2) is 0 Å². The molecule has 0 aromatic heterocycles. The molecule has 0 bridgehead atoms. The first-order valence-corrected chi connectivity index (χ1v) is 5.95. The van der Waals surface area contributed by atoms with Crippen molar-refractivity contribution in [1.29, 1.82) is 5.26 Å². The van der Waals surface area contributed by atoms with Gasteiger partial charge in [0.2, 0.25) is 5.91 Å². The van der Waals surface area contributed by atoms with Crippen LogP contribution in [0.25, 0.3) is 0 Å². The van der Waals surface area contributed by atoms with E-state index in [2.05, 4.69) is 18.7 Å². The number of amides is 1. The molecule has 1 aliphatic heterocycles. The minimum atomic E-state index is -0.503. The maximum Gasteiger partial charge on any atom is 0.239 e. The average molecular weight is 223 g/mol. The van der Waals surface area contributed by atoms with Gasteiger partial charge >= 0.3 is 0 Å². The van der Waals surface area contributed by atoms with Crippen LogP contribution in [0.1, 0.15) is 20.8 Å². The summed E-state index contributed by atoms with van der Waals surface area (Å²) < 4.78 is 0. The van der Waals surface area contributed by atoms with E-state index in [9.17, 15) is 4.79 Å². The minimum Gasteiger partial charge on any atom is -0.339 e. The Labute approximate surface area is 97.8 Å². The van der Waals surface area contributed by atoms with Crippen molar-refractivity contribution < 1.29 is 4.79 Å². The van der Waals surface area contributed by atoms with Crippen molar-refractivity contribution >= 4 is 5.91 Å². The summed E-state index contributed by atoms with van der Waals surface area (Å²) in [4.78, 5) is 15.9. The predicted octanol–water partition coefficient (Wildman–Crippen LogP) is 0.946. The van der Waals surface area contributed by atoms with E-state index in [1.54, 1.807) is 6.92 Å². The van der Waals surface area contributed by atoms with Gasteiger partial charge in [-0.05, 0) is 12.8 Å². The Kier molecular flexibility index (Phi) is 4.75. The molecule has 0 N–H and O–H groups in total. The lowest BCUT2D eigenvalue weighted by atomic mass is 10.1. The molecule has 16 heavy (non-hydrogen) atoms. The molecule has 4 nitrogen and oxygen atoms in total. The van der Waals surface area contributed by atoms with Crippen molar-refractivity contribution in [3.8, 4) is 6.07 Å². The zero-order valence-corrected chi connectivity index (χ0v) is 10.4. The van der Waals surface area contributed by atoms with Gasteiger partial charge in [0.25, 0.3) is 0 Å². The maximum absolute atomic E-state index is 11.7. The molecule has 4 heteroatoms. The zero-order valence-electron chi connectivity index (χ0n) is 10.4. The van der Waals surface area contributed by atoms with Crippen molar-refractivity contribution in [2.75, 3.05) is 32.7 Å². The minimum absolute atomic E-state index is 0.0216. The van der Waals surface area contributed by atoms with Crippen LogP contribution in [0.3, 0.4) is 0 Å². The molecule has 0 saturated carbocycles. The van der Waals surface area contributed by atoms with E-state index < -0.39 is 5.92 Å². The summed E-state index contributed by atoms with van der Waals surface area (Å²) in [6.07, 6.45) is 0. The highest BCUT2D eigenvalue weighted by atomic mass is 16.2. The predicted molar refractivity (Wildman–Crippen MR) is 62.6 cm³/mol. The van der Waals surface area contributed by atoms with Crippen LogP contribution in [0.5, 0.6) is 0 Å². The fourth-order valence-electron chi connectivity index (χ4n) is 2.00. The first kappa shape index (κ1) is 13.0. The van der Waals surface area contributed by atoms with E-state index in [-0.39, 0.29) is 5.91 Å². The highest BCUT2D eigenvalue weighted by Gasteiger charge is 2.24. The van der Waals surface area contributed by atoms with E-state index in [0.717, 1.165) is 32.7 Å². The van der Waals surface area contributed by atoms with Gasteiger partial charge in [-0.15, -0.1) is 0 Å². The monoisotopic (exact) mass is 223 g/mol. The zero-order chi connectivity index (χ0) is 12.1. The lowest BCUT2D eigenvalue weighted by Crippen LogP contribution is -2.50. The van der Waals surface area contributed by atoms with Crippen LogP contribution in [-0.4, -0.2) is 48.4 Å². The summed E-state index contributed by atoms with van der Waals surface area (Å²) in [5.41, 5.74) is 0. The summed E-state index contributed by atoms with van der Waals surface area (Å²) in [7, 11) is 0. The summed E-state index contributed by atoms with van der Waals surface area (Å²) in [6, 6.07) is 2.00. The van der Waals surface area contributed by atoms with Crippen LogP contribution in [-0.2, 0) is 4.79 Å². The first-order valence-electron chi connectivity index (χ1n) is 5.95. The highest BCUT2D eigenvalue weighted by Crippen LogP contribution is 2.08. The topological polar surface area (TPSA) is 47.3 Å². The summed E-state index contributed by atoms with van der Waals surface area (Å²) >= 11 is 0. The molecule has 1 unspecified atom stereocenters. The SMILES string of the molecule is CC(C)CN1CCN(C(=O)C(C)C#N)CC1. The first-order chi connectivity index (χ1) is 7.54. The second-order valence-electron chi connectivity index (χ2n) is 4.87. The van der Waals surface area contributed by atoms with Crippen molar-refractivity contribution in [3.05, 3.63) is 0 Å². The molecule has 1 fully saturated rings. The Morgan fingerprint density at radius 2 is 1.81 bits per heavy atom. The number of hydrogen-bond donors (Lipinski definition) is 0. The standard InChI is InChI=1S/C12H21N3O/c1-10(2)9-14-4-6-15(7-5-14)12(16)11(3)8-13/h10-11H,4-7,9H2,1-3H3. The number of carbonyl (C=O) groups excluding carboxylic acids is 1. The van der Waals surface area contributed by atoms with Crippen LogP contribution in [0, 0.1) is 23.2 Å². The molecule has 0 aromatic rings. The lowest BCUT2D eigenvalue weighted by molar-refractivity contribution is -0.135. The number of nitrogens with zero attached hydrogens (tertiary/aromatic N) is 3. The fraction of sp³-hybridized carbons (Fsp3) is 0.833. The molecule has 0 spiro atoms. The normalized spacial score (nSPS) is 19.6. The number of nitriles is 1. The van der Waals surface area contributed by atoms with Crippen LogP contribution >= 0.6 is 0 Å². The Morgan fingerprint density at radius 1 is 1.25 bits per heavy atom. The fourth-order valence-corrected chi connectivity index (χ4v) is 2.00. The summed E-state index contributed by atoms with van der Waals surface area (Å²) in [6.45, 7) is 10.6. The summed E-state index contributed by atoms with van der Waals surface area (Å²) in [5.74, 6) is 0.142. The van der Waals surface area contributed by atoms with Gasteiger partial charge in [-0.1, -0.05) is 13.8 Å². The molecule has 0 aromatic carbocycles. The quantitative estimate of drug-likeness (QED) is 0.715. The van der Waals surface area contributed by atoms with Gasteiger partial charge in [0.05, 0.1) is 6.07 Å². The molecule has 1 atom stereocenters. The van der Waals surface area contributed by atoms with Crippen LogP contribution < -0.4 is 0 Å². The van der Waals surface area contributed by atoms with E-state index >= 15 is 0 Å². The molecule has 1 saturated heterocycles. The van der Waals surface area contributed by atoms with Crippen LogP contribution in [0.4, 0.5) is 0 Å². The largest absolute Gasteiger partial charge is 0.339 e.